The normalized spacial score (nSPS) is 10.8. The molecular formula is C9H14N2O2. The maximum Gasteiger partial charge on any atom is 0.339 e. The number of aromatic carboxylic acids is 1. The number of aryl methyl sites for hydroxylation is 1. The molecular weight excluding hydrogens is 168 g/mol. The van der Waals surface area contributed by atoms with Crippen molar-refractivity contribution in [2.24, 2.45) is 13.0 Å². The van der Waals surface area contributed by atoms with Crippen molar-refractivity contribution in [2.75, 3.05) is 0 Å². The molecule has 4 nitrogen and oxygen atoms in total. The van der Waals surface area contributed by atoms with Crippen LogP contribution >= 0.6 is 0 Å². The van der Waals surface area contributed by atoms with E-state index in [0.717, 1.165) is 12.1 Å². The molecule has 72 valence electrons. The van der Waals surface area contributed by atoms with E-state index in [1.807, 2.05) is 0 Å². The molecule has 0 aromatic carbocycles. The molecule has 0 aliphatic heterocycles. The number of rotatable bonds is 3. The topological polar surface area (TPSA) is 55.1 Å². The zero-order valence-electron chi connectivity index (χ0n) is 8.11. The van der Waals surface area contributed by atoms with Crippen LogP contribution in [0.5, 0.6) is 0 Å². The number of carbonyl (C=O) groups is 1. The lowest BCUT2D eigenvalue weighted by atomic mass is 10.1. The summed E-state index contributed by atoms with van der Waals surface area (Å²) in [5.41, 5.74) is 1.11. The Morgan fingerprint density at radius 1 is 1.69 bits per heavy atom. The summed E-state index contributed by atoms with van der Waals surface area (Å²) in [5.74, 6) is -0.461. The number of carboxylic acid groups (broad SMARTS) is 1. The summed E-state index contributed by atoms with van der Waals surface area (Å²) in [6.45, 7) is 4.11. The number of aromatic nitrogens is 2. The van der Waals surface area contributed by atoms with Gasteiger partial charge >= 0.3 is 5.97 Å². The zero-order chi connectivity index (χ0) is 10.0. The Bertz CT molecular complexity index is 315. The Balaban J connectivity index is 3.01. The Labute approximate surface area is 77.2 Å². The van der Waals surface area contributed by atoms with E-state index in [4.69, 9.17) is 5.11 Å². The average molecular weight is 182 g/mol. The summed E-state index contributed by atoms with van der Waals surface area (Å²) < 4.78 is 1.63. The minimum Gasteiger partial charge on any atom is -0.478 e. The van der Waals surface area contributed by atoms with E-state index in [9.17, 15) is 4.79 Å². The van der Waals surface area contributed by atoms with Crippen molar-refractivity contribution in [3.63, 3.8) is 0 Å². The number of nitrogens with zero attached hydrogens (tertiary/aromatic N) is 2. The molecule has 0 atom stereocenters. The number of hydrogen-bond donors (Lipinski definition) is 1. The van der Waals surface area contributed by atoms with Gasteiger partial charge in [-0.2, -0.15) is 5.10 Å². The van der Waals surface area contributed by atoms with Crippen LogP contribution in [0.1, 0.15) is 29.9 Å². The van der Waals surface area contributed by atoms with E-state index in [1.54, 1.807) is 11.7 Å². The van der Waals surface area contributed by atoms with E-state index in [-0.39, 0.29) is 0 Å². The second-order valence-corrected chi connectivity index (χ2v) is 3.53. The van der Waals surface area contributed by atoms with Crippen molar-refractivity contribution >= 4 is 5.97 Å². The van der Waals surface area contributed by atoms with Crippen LogP contribution in [0.15, 0.2) is 6.20 Å². The van der Waals surface area contributed by atoms with E-state index in [1.165, 1.54) is 6.20 Å². The van der Waals surface area contributed by atoms with Crippen molar-refractivity contribution < 1.29 is 9.90 Å². The van der Waals surface area contributed by atoms with Gasteiger partial charge in [0.05, 0.1) is 11.9 Å². The van der Waals surface area contributed by atoms with Crippen LogP contribution in [0, 0.1) is 5.92 Å². The van der Waals surface area contributed by atoms with Gasteiger partial charge in [0.15, 0.2) is 0 Å². The van der Waals surface area contributed by atoms with E-state index >= 15 is 0 Å². The molecule has 1 aromatic heterocycles. The fourth-order valence-corrected chi connectivity index (χ4v) is 1.27. The molecule has 0 aliphatic rings. The largest absolute Gasteiger partial charge is 0.478 e. The van der Waals surface area contributed by atoms with Crippen molar-refractivity contribution in [1.82, 2.24) is 9.78 Å². The molecule has 0 aliphatic carbocycles. The summed E-state index contributed by atoms with van der Waals surface area (Å²) in [4.78, 5) is 10.8. The van der Waals surface area contributed by atoms with Gasteiger partial charge in [0.25, 0.3) is 0 Å². The monoisotopic (exact) mass is 182 g/mol. The Kier molecular flexibility index (Phi) is 2.70. The van der Waals surface area contributed by atoms with Gasteiger partial charge in [0, 0.05) is 7.05 Å². The van der Waals surface area contributed by atoms with Crippen LogP contribution in [-0.4, -0.2) is 20.9 Å². The maximum absolute atomic E-state index is 10.8. The predicted octanol–water partition coefficient (Wildman–Crippen LogP) is 1.32. The molecule has 1 N–H and O–H groups in total. The first-order valence-electron chi connectivity index (χ1n) is 4.26. The van der Waals surface area contributed by atoms with Gasteiger partial charge < -0.3 is 5.11 Å². The molecule has 0 radical (unpaired) electrons. The quantitative estimate of drug-likeness (QED) is 0.767. The summed E-state index contributed by atoms with van der Waals surface area (Å²) in [6, 6.07) is 0. The molecule has 1 rings (SSSR count). The van der Waals surface area contributed by atoms with Crippen LogP contribution in [0.25, 0.3) is 0 Å². The van der Waals surface area contributed by atoms with E-state index in [2.05, 4.69) is 18.9 Å². The molecule has 0 bridgehead atoms. The lowest BCUT2D eigenvalue weighted by Crippen LogP contribution is -2.07. The molecule has 0 saturated carbocycles. The van der Waals surface area contributed by atoms with Crippen molar-refractivity contribution in [3.8, 4) is 0 Å². The Hall–Kier alpha value is -1.32. The van der Waals surface area contributed by atoms with Gasteiger partial charge in [-0.3, -0.25) is 4.68 Å². The third-order valence-electron chi connectivity index (χ3n) is 1.89. The Morgan fingerprint density at radius 2 is 2.31 bits per heavy atom. The zero-order valence-corrected chi connectivity index (χ0v) is 8.11. The highest BCUT2D eigenvalue weighted by Gasteiger charge is 2.15. The molecule has 0 unspecified atom stereocenters. The van der Waals surface area contributed by atoms with Crippen molar-refractivity contribution in [3.05, 3.63) is 17.5 Å². The maximum atomic E-state index is 10.8. The first-order valence-corrected chi connectivity index (χ1v) is 4.26. The highest BCUT2D eigenvalue weighted by molar-refractivity contribution is 5.88. The van der Waals surface area contributed by atoms with Crippen molar-refractivity contribution in [1.29, 1.82) is 0 Å². The lowest BCUT2D eigenvalue weighted by molar-refractivity contribution is 0.0695. The minimum absolute atomic E-state index is 0.316. The lowest BCUT2D eigenvalue weighted by Gasteiger charge is -2.06. The van der Waals surface area contributed by atoms with Gasteiger partial charge in [-0.25, -0.2) is 4.79 Å². The van der Waals surface area contributed by atoms with Gasteiger partial charge in [0.1, 0.15) is 5.56 Å². The van der Waals surface area contributed by atoms with Crippen LogP contribution < -0.4 is 0 Å². The van der Waals surface area contributed by atoms with Gasteiger partial charge in [0.2, 0.25) is 0 Å². The summed E-state index contributed by atoms with van der Waals surface area (Å²) >= 11 is 0. The van der Waals surface area contributed by atoms with Crippen LogP contribution in [0.3, 0.4) is 0 Å². The minimum atomic E-state index is -0.899. The number of carboxylic acids is 1. The molecule has 13 heavy (non-hydrogen) atoms. The third kappa shape index (κ3) is 2.08. The van der Waals surface area contributed by atoms with Crippen LogP contribution in [-0.2, 0) is 13.5 Å². The standard InChI is InChI=1S/C9H14N2O2/c1-6(2)4-8-7(9(12)13)5-10-11(8)3/h5-6H,4H2,1-3H3,(H,12,13). The Morgan fingerprint density at radius 3 is 2.77 bits per heavy atom. The molecule has 0 fully saturated rings. The highest BCUT2D eigenvalue weighted by atomic mass is 16.4. The summed E-state index contributed by atoms with van der Waals surface area (Å²) in [5, 5.41) is 12.8. The molecule has 0 saturated heterocycles. The predicted molar refractivity (Wildman–Crippen MR) is 48.7 cm³/mol. The van der Waals surface area contributed by atoms with Gasteiger partial charge in [-0.1, -0.05) is 13.8 Å². The van der Waals surface area contributed by atoms with Crippen molar-refractivity contribution in [2.45, 2.75) is 20.3 Å². The molecule has 1 aromatic rings. The van der Waals surface area contributed by atoms with Crippen LogP contribution in [0.4, 0.5) is 0 Å². The summed E-state index contributed by atoms with van der Waals surface area (Å²) in [7, 11) is 1.77. The van der Waals surface area contributed by atoms with E-state index in [0.29, 0.717) is 11.5 Å². The summed E-state index contributed by atoms with van der Waals surface area (Å²) in [6.07, 6.45) is 2.15. The molecule has 0 amide bonds. The molecule has 1 heterocycles. The second-order valence-electron chi connectivity index (χ2n) is 3.53. The number of hydrogen-bond acceptors (Lipinski definition) is 2. The third-order valence-corrected chi connectivity index (χ3v) is 1.89. The van der Waals surface area contributed by atoms with Gasteiger partial charge in [-0.05, 0) is 12.3 Å². The molecule has 0 spiro atoms. The van der Waals surface area contributed by atoms with Crippen LogP contribution in [0.2, 0.25) is 0 Å². The molecule has 4 heteroatoms. The first kappa shape index (κ1) is 9.77. The fraction of sp³-hybridized carbons (Fsp3) is 0.556. The highest BCUT2D eigenvalue weighted by Crippen LogP contribution is 2.12. The first-order chi connectivity index (χ1) is 6.02. The van der Waals surface area contributed by atoms with Gasteiger partial charge in [-0.15, -0.1) is 0 Å². The smallest absolute Gasteiger partial charge is 0.339 e. The van der Waals surface area contributed by atoms with E-state index < -0.39 is 5.97 Å². The SMILES string of the molecule is CC(C)Cc1c(C(=O)O)cnn1C. The second kappa shape index (κ2) is 3.60. The fourth-order valence-electron chi connectivity index (χ4n) is 1.27. The average Bonchev–Trinajstić information content (AvgIpc) is 2.32.